The Kier molecular flexibility index (Phi) is 9.72. The van der Waals surface area contributed by atoms with Crippen molar-refractivity contribution >= 4 is 18.1 Å². The van der Waals surface area contributed by atoms with E-state index >= 15 is 0 Å². The molecular weight excluding hydrogens is 342 g/mol. The lowest BCUT2D eigenvalue weighted by atomic mass is 9.86. The minimum absolute atomic E-state index is 0.228. The first-order valence-electron chi connectivity index (χ1n) is 9.75. The van der Waals surface area contributed by atoms with Gasteiger partial charge in [-0.15, -0.1) is 0 Å². The molecule has 0 fully saturated rings. The van der Waals surface area contributed by atoms with Gasteiger partial charge < -0.3 is 21.2 Å². The lowest BCUT2D eigenvalue weighted by Gasteiger charge is -2.41. The minimum atomic E-state index is -1.03. The maximum absolute atomic E-state index is 13.0. The summed E-state index contributed by atoms with van der Waals surface area (Å²) in [6.45, 7) is 4.44. The lowest BCUT2D eigenvalue weighted by Crippen LogP contribution is -2.59. The van der Waals surface area contributed by atoms with E-state index in [1.165, 1.54) is 0 Å². The van der Waals surface area contributed by atoms with Crippen molar-refractivity contribution in [2.45, 2.75) is 70.4 Å². The summed E-state index contributed by atoms with van der Waals surface area (Å²) in [6, 6.07) is 8.58. The summed E-state index contributed by atoms with van der Waals surface area (Å²) in [5.74, 6) is -1.02. The molecular formula is C21H33N3O3. The molecule has 2 amide bonds. The molecule has 0 saturated heterocycles. The number of unbranched alkanes of at least 4 members (excludes halogenated alkanes) is 3. The van der Waals surface area contributed by atoms with Gasteiger partial charge in [-0.1, -0.05) is 63.4 Å². The summed E-state index contributed by atoms with van der Waals surface area (Å²) in [5.41, 5.74) is 11.1. The highest BCUT2D eigenvalue weighted by molar-refractivity contribution is 5.90. The molecule has 0 radical (unpaired) electrons. The highest BCUT2D eigenvalue weighted by Gasteiger charge is 2.40. The molecule has 0 spiro atoms. The summed E-state index contributed by atoms with van der Waals surface area (Å²) >= 11 is 0. The van der Waals surface area contributed by atoms with Crippen LogP contribution in [0, 0.1) is 0 Å². The predicted octanol–water partition coefficient (Wildman–Crippen LogP) is 2.19. The molecule has 6 heteroatoms. The number of carbonyl (C=O) groups is 3. The molecule has 6 nitrogen and oxygen atoms in total. The van der Waals surface area contributed by atoms with Crippen LogP contribution in [-0.2, 0) is 20.8 Å². The van der Waals surface area contributed by atoms with Crippen molar-refractivity contribution < 1.29 is 14.4 Å². The third kappa shape index (κ3) is 6.79. The van der Waals surface area contributed by atoms with Crippen molar-refractivity contribution in [1.82, 2.24) is 4.90 Å². The van der Waals surface area contributed by atoms with E-state index in [2.05, 4.69) is 6.92 Å². The molecule has 1 aromatic rings. The molecule has 1 rings (SSSR count). The molecule has 0 heterocycles. The Morgan fingerprint density at radius 1 is 1.15 bits per heavy atom. The van der Waals surface area contributed by atoms with Gasteiger partial charge in [-0.3, -0.25) is 9.59 Å². The Bertz CT molecular complexity index is 606. The summed E-state index contributed by atoms with van der Waals surface area (Å²) in [5, 5.41) is 0. The van der Waals surface area contributed by atoms with Crippen LogP contribution in [0.2, 0.25) is 0 Å². The molecule has 4 N–H and O–H groups in total. The molecule has 0 aliphatic rings. The van der Waals surface area contributed by atoms with Gasteiger partial charge in [0, 0.05) is 13.0 Å². The van der Waals surface area contributed by atoms with E-state index in [1.54, 1.807) is 4.90 Å². The molecule has 0 saturated carbocycles. The van der Waals surface area contributed by atoms with Gasteiger partial charge in [-0.05, 0) is 18.4 Å². The van der Waals surface area contributed by atoms with E-state index in [0.29, 0.717) is 19.4 Å². The van der Waals surface area contributed by atoms with Gasteiger partial charge in [0.1, 0.15) is 11.8 Å². The number of primary amides is 1. The topological polar surface area (TPSA) is 106 Å². The van der Waals surface area contributed by atoms with Crippen LogP contribution < -0.4 is 11.5 Å². The first kappa shape index (κ1) is 22.8. The van der Waals surface area contributed by atoms with E-state index in [0.717, 1.165) is 37.5 Å². The van der Waals surface area contributed by atoms with E-state index in [1.807, 2.05) is 37.3 Å². The van der Waals surface area contributed by atoms with Crippen LogP contribution in [0.25, 0.3) is 0 Å². The van der Waals surface area contributed by atoms with Crippen LogP contribution in [0.3, 0.4) is 0 Å². The van der Waals surface area contributed by atoms with Crippen LogP contribution in [0.4, 0.5) is 0 Å². The van der Waals surface area contributed by atoms with Crippen molar-refractivity contribution in [3.05, 3.63) is 35.9 Å². The number of amides is 2. The first-order valence-corrected chi connectivity index (χ1v) is 9.75. The zero-order valence-electron chi connectivity index (χ0n) is 16.5. The zero-order chi connectivity index (χ0) is 20.3. The Labute approximate surface area is 162 Å². The smallest absolute Gasteiger partial charge is 0.240 e. The van der Waals surface area contributed by atoms with Crippen LogP contribution in [0.15, 0.2) is 30.3 Å². The van der Waals surface area contributed by atoms with Crippen molar-refractivity contribution in [3.63, 3.8) is 0 Å². The molecule has 150 valence electrons. The minimum Gasteiger partial charge on any atom is -0.370 e. The Balaban J connectivity index is 3.14. The molecule has 0 aromatic heterocycles. The van der Waals surface area contributed by atoms with Gasteiger partial charge >= 0.3 is 0 Å². The Morgan fingerprint density at radius 3 is 2.33 bits per heavy atom. The van der Waals surface area contributed by atoms with Crippen LogP contribution in [0.1, 0.15) is 57.9 Å². The summed E-state index contributed by atoms with van der Waals surface area (Å²) in [4.78, 5) is 38.0. The van der Waals surface area contributed by atoms with Crippen LogP contribution in [0.5, 0.6) is 0 Å². The van der Waals surface area contributed by atoms with Gasteiger partial charge in [0.2, 0.25) is 11.8 Å². The van der Waals surface area contributed by atoms with Gasteiger partial charge in [0.25, 0.3) is 0 Å². The quantitative estimate of drug-likeness (QED) is 0.407. The standard InChI is InChI=1S/C21H33N3O3/c1-3-5-6-10-13-24(20(27)18(22)14-19(23)26)21(4-2,16-25)15-17-11-8-7-9-12-17/h7-9,11-12,16,18H,3-6,10,13-15,22H2,1-2H3,(H2,23,26)/t18-,21-/m0/s1. The van der Waals surface area contributed by atoms with E-state index < -0.39 is 23.4 Å². The van der Waals surface area contributed by atoms with E-state index in [9.17, 15) is 14.4 Å². The number of aldehydes is 1. The Hall–Kier alpha value is -2.21. The SMILES string of the molecule is CCCCCCN(C(=O)[C@@H](N)CC(N)=O)[C@@](C=O)(CC)Cc1ccccc1. The molecule has 0 aliphatic heterocycles. The maximum atomic E-state index is 13.0. The lowest BCUT2D eigenvalue weighted by molar-refractivity contribution is -0.144. The molecule has 27 heavy (non-hydrogen) atoms. The normalized spacial score (nSPS) is 14.2. The number of rotatable bonds is 13. The number of nitrogens with zero attached hydrogens (tertiary/aromatic N) is 1. The maximum Gasteiger partial charge on any atom is 0.240 e. The van der Waals surface area contributed by atoms with Crippen LogP contribution in [-0.4, -0.2) is 41.1 Å². The predicted molar refractivity (Wildman–Crippen MR) is 107 cm³/mol. The fraction of sp³-hybridized carbons (Fsp3) is 0.571. The molecule has 0 bridgehead atoms. The summed E-state index contributed by atoms with van der Waals surface area (Å²) < 4.78 is 0. The van der Waals surface area contributed by atoms with Crippen molar-refractivity contribution in [2.75, 3.05) is 6.54 Å². The second-order valence-corrected chi connectivity index (χ2v) is 7.06. The highest BCUT2D eigenvalue weighted by atomic mass is 16.2. The number of nitrogens with two attached hydrogens (primary N) is 2. The Morgan fingerprint density at radius 2 is 1.81 bits per heavy atom. The third-order valence-corrected chi connectivity index (χ3v) is 4.96. The second-order valence-electron chi connectivity index (χ2n) is 7.06. The highest BCUT2D eigenvalue weighted by Crippen LogP contribution is 2.25. The van der Waals surface area contributed by atoms with Gasteiger partial charge in [0.15, 0.2) is 0 Å². The van der Waals surface area contributed by atoms with Gasteiger partial charge in [-0.25, -0.2) is 0 Å². The summed E-state index contributed by atoms with van der Waals surface area (Å²) in [6.07, 6.45) is 5.40. The fourth-order valence-electron chi connectivity index (χ4n) is 3.30. The summed E-state index contributed by atoms with van der Waals surface area (Å²) in [7, 11) is 0. The number of benzene rings is 1. The molecule has 0 aliphatic carbocycles. The number of hydrogen-bond donors (Lipinski definition) is 2. The largest absolute Gasteiger partial charge is 0.370 e. The van der Waals surface area contributed by atoms with Gasteiger partial charge in [-0.2, -0.15) is 0 Å². The van der Waals surface area contributed by atoms with Crippen molar-refractivity contribution in [2.24, 2.45) is 11.5 Å². The van der Waals surface area contributed by atoms with Crippen molar-refractivity contribution in [3.8, 4) is 0 Å². The fourth-order valence-corrected chi connectivity index (χ4v) is 3.30. The average molecular weight is 376 g/mol. The second kappa shape index (κ2) is 11.5. The average Bonchev–Trinajstić information content (AvgIpc) is 2.66. The van der Waals surface area contributed by atoms with Gasteiger partial charge in [0.05, 0.1) is 12.5 Å². The number of carbonyl (C=O) groups excluding carboxylic acids is 3. The monoisotopic (exact) mass is 375 g/mol. The zero-order valence-corrected chi connectivity index (χ0v) is 16.5. The molecule has 0 unspecified atom stereocenters. The van der Waals surface area contributed by atoms with Crippen molar-refractivity contribution in [1.29, 1.82) is 0 Å². The number of hydrogen-bond acceptors (Lipinski definition) is 4. The molecule has 1 aromatic carbocycles. The van der Waals surface area contributed by atoms with Crippen LogP contribution >= 0.6 is 0 Å². The molecule has 2 atom stereocenters. The first-order chi connectivity index (χ1) is 12.9. The van der Waals surface area contributed by atoms with E-state index in [-0.39, 0.29) is 6.42 Å². The third-order valence-electron chi connectivity index (χ3n) is 4.96. The van der Waals surface area contributed by atoms with E-state index in [4.69, 9.17) is 11.5 Å².